The summed E-state index contributed by atoms with van der Waals surface area (Å²) in [4.78, 5) is 24.2. The van der Waals surface area contributed by atoms with Crippen LogP contribution in [0.5, 0.6) is 17.2 Å². The summed E-state index contributed by atoms with van der Waals surface area (Å²) in [6, 6.07) is 13.2. The second-order valence-electron chi connectivity index (χ2n) is 6.41. The molecule has 0 atom stereocenters. The molecule has 0 aromatic heterocycles. The highest BCUT2D eigenvalue weighted by atomic mass is 35.5. The molecule has 2 aromatic carbocycles. The third-order valence-electron chi connectivity index (χ3n) is 4.07. The summed E-state index contributed by atoms with van der Waals surface area (Å²) in [5.74, 6) is -0.114. The van der Waals surface area contributed by atoms with Gasteiger partial charge in [0.2, 0.25) is 0 Å². The van der Waals surface area contributed by atoms with E-state index in [1.807, 2.05) is 13.0 Å². The first kappa shape index (κ1) is 23.8. The lowest BCUT2D eigenvalue weighted by Crippen LogP contribution is -2.25. The number of benzene rings is 2. The molecule has 0 saturated heterocycles. The van der Waals surface area contributed by atoms with Gasteiger partial charge in [0, 0.05) is 11.6 Å². The van der Waals surface area contributed by atoms with E-state index in [4.69, 9.17) is 25.8 Å². The molecule has 2 aromatic rings. The Balaban J connectivity index is 2.04. The van der Waals surface area contributed by atoms with Crippen LogP contribution in [0.2, 0.25) is 5.02 Å². The van der Waals surface area contributed by atoms with Crippen LogP contribution in [-0.4, -0.2) is 32.1 Å². The molecule has 0 aliphatic rings. The Morgan fingerprint density at radius 1 is 1.16 bits per heavy atom. The van der Waals surface area contributed by atoms with Gasteiger partial charge in [-0.25, -0.2) is 4.79 Å². The normalized spacial score (nSPS) is 10.7. The molecule has 7 nitrogen and oxygen atoms in total. The predicted octanol–water partition coefficient (Wildman–Crippen LogP) is 4.16. The van der Waals surface area contributed by atoms with Gasteiger partial charge in [0.05, 0.1) is 7.11 Å². The Morgan fingerprint density at radius 3 is 2.55 bits per heavy atom. The van der Waals surface area contributed by atoms with Crippen LogP contribution in [0.15, 0.2) is 48.0 Å². The molecule has 1 N–H and O–H groups in total. The van der Waals surface area contributed by atoms with Gasteiger partial charge in [-0.05, 0) is 54.5 Å². The number of unbranched alkanes of at least 4 members (excludes halogenated alkanes) is 1. The first-order chi connectivity index (χ1) is 15.0. The topological polar surface area (TPSA) is 97.7 Å². The van der Waals surface area contributed by atoms with E-state index in [0.29, 0.717) is 22.9 Å². The summed E-state index contributed by atoms with van der Waals surface area (Å²) < 4.78 is 15.9. The van der Waals surface area contributed by atoms with Gasteiger partial charge in [-0.15, -0.1) is 0 Å². The maximum absolute atomic E-state index is 12.1. The summed E-state index contributed by atoms with van der Waals surface area (Å²) in [5, 5.41) is 12.5. The third kappa shape index (κ3) is 7.68. The number of nitriles is 1. The molecule has 31 heavy (non-hydrogen) atoms. The highest BCUT2D eigenvalue weighted by molar-refractivity contribution is 6.30. The van der Waals surface area contributed by atoms with Crippen molar-refractivity contribution in [3.63, 3.8) is 0 Å². The van der Waals surface area contributed by atoms with Crippen molar-refractivity contribution < 1.29 is 23.8 Å². The van der Waals surface area contributed by atoms with Crippen molar-refractivity contribution in [3.8, 4) is 23.3 Å². The molecule has 0 unspecified atom stereocenters. The number of esters is 1. The quantitative estimate of drug-likeness (QED) is 0.195. The molecule has 0 heterocycles. The molecule has 162 valence electrons. The van der Waals surface area contributed by atoms with E-state index in [1.54, 1.807) is 36.4 Å². The largest absolute Gasteiger partial charge is 0.493 e. The highest BCUT2D eigenvalue weighted by Crippen LogP contribution is 2.29. The standard InChI is InChI=1S/C23H23ClN2O5/c1-3-4-11-26-23(28)17(14-25)12-16-5-10-20(21(13-16)29-2)31-22(27)15-30-19-8-6-18(24)7-9-19/h5-10,12-13H,3-4,11,15H2,1-2H3,(H,26,28)/b17-12+. The molecule has 0 bridgehead atoms. The maximum atomic E-state index is 12.1. The molecule has 2 rings (SSSR count). The number of carbonyl (C=O) groups is 2. The summed E-state index contributed by atoms with van der Waals surface area (Å²) in [5.41, 5.74) is 0.524. The molecule has 0 aliphatic carbocycles. The molecule has 1 amide bonds. The van der Waals surface area contributed by atoms with Gasteiger partial charge in [0.1, 0.15) is 17.4 Å². The smallest absolute Gasteiger partial charge is 0.349 e. The molecular weight excluding hydrogens is 420 g/mol. The summed E-state index contributed by atoms with van der Waals surface area (Å²) in [7, 11) is 1.42. The summed E-state index contributed by atoms with van der Waals surface area (Å²) in [6.45, 7) is 2.21. The fraction of sp³-hybridized carbons (Fsp3) is 0.261. The SMILES string of the molecule is CCCCNC(=O)/C(C#N)=C/c1ccc(OC(=O)COc2ccc(Cl)cc2)c(OC)c1. The van der Waals surface area contributed by atoms with E-state index in [1.165, 1.54) is 19.3 Å². The highest BCUT2D eigenvalue weighted by Gasteiger charge is 2.13. The molecule has 8 heteroatoms. The predicted molar refractivity (Wildman–Crippen MR) is 117 cm³/mol. The van der Waals surface area contributed by atoms with Crippen LogP contribution in [0.4, 0.5) is 0 Å². The molecule has 0 aliphatic heterocycles. The zero-order valence-electron chi connectivity index (χ0n) is 17.3. The van der Waals surface area contributed by atoms with Crippen LogP contribution in [0.25, 0.3) is 6.08 Å². The number of carbonyl (C=O) groups excluding carboxylic acids is 2. The van der Waals surface area contributed by atoms with Crippen LogP contribution < -0.4 is 19.5 Å². The average molecular weight is 443 g/mol. The number of amides is 1. The van der Waals surface area contributed by atoms with E-state index in [2.05, 4.69) is 5.32 Å². The Hall–Kier alpha value is -3.50. The Kier molecular flexibility index (Phi) is 9.40. The van der Waals surface area contributed by atoms with Gasteiger partial charge < -0.3 is 19.5 Å². The van der Waals surface area contributed by atoms with Crippen molar-refractivity contribution in [2.45, 2.75) is 19.8 Å². The monoisotopic (exact) mass is 442 g/mol. The number of hydrogen-bond acceptors (Lipinski definition) is 6. The van der Waals surface area contributed by atoms with Crippen molar-refractivity contribution >= 4 is 29.6 Å². The van der Waals surface area contributed by atoms with E-state index < -0.39 is 11.9 Å². The molecular formula is C23H23ClN2O5. The molecule has 0 fully saturated rings. The first-order valence-electron chi connectivity index (χ1n) is 9.64. The molecule has 0 spiro atoms. The number of rotatable bonds is 10. The lowest BCUT2D eigenvalue weighted by atomic mass is 10.1. The van der Waals surface area contributed by atoms with Gasteiger partial charge in [0.15, 0.2) is 18.1 Å². The Bertz CT molecular complexity index is 980. The van der Waals surface area contributed by atoms with Crippen LogP contribution in [0.3, 0.4) is 0 Å². The molecule has 0 radical (unpaired) electrons. The fourth-order valence-corrected chi connectivity index (χ4v) is 2.60. The second-order valence-corrected chi connectivity index (χ2v) is 6.84. The average Bonchev–Trinajstić information content (AvgIpc) is 2.78. The van der Waals surface area contributed by atoms with E-state index >= 15 is 0 Å². The summed E-state index contributed by atoms with van der Waals surface area (Å²) in [6.07, 6.45) is 3.22. The minimum absolute atomic E-state index is 0.0285. The minimum Gasteiger partial charge on any atom is -0.493 e. The maximum Gasteiger partial charge on any atom is 0.349 e. The zero-order chi connectivity index (χ0) is 22.6. The first-order valence-corrected chi connectivity index (χ1v) is 10.0. The van der Waals surface area contributed by atoms with Crippen LogP contribution in [0.1, 0.15) is 25.3 Å². The van der Waals surface area contributed by atoms with Crippen molar-refractivity contribution in [2.75, 3.05) is 20.3 Å². The van der Waals surface area contributed by atoms with Crippen molar-refractivity contribution in [1.82, 2.24) is 5.32 Å². The van der Waals surface area contributed by atoms with E-state index in [-0.39, 0.29) is 23.7 Å². The van der Waals surface area contributed by atoms with Crippen LogP contribution in [0, 0.1) is 11.3 Å². The van der Waals surface area contributed by atoms with Crippen molar-refractivity contribution in [3.05, 3.63) is 58.6 Å². The van der Waals surface area contributed by atoms with E-state index in [0.717, 1.165) is 12.8 Å². The number of ether oxygens (including phenoxy) is 3. The number of nitrogens with zero attached hydrogens (tertiary/aromatic N) is 1. The zero-order valence-corrected chi connectivity index (χ0v) is 18.1. The van der Waals surface area contributed by atoms with Gasteiger partial charge >= 0.3 is 5.97 Å². The van der Waals surface area contributed by atoms with E-state index in [9.17, 15) is 14.9 Å². The van der Waals surface area contributed by atoms with Gasteiger partial charge in [0.25, 0.3) is 5.91 Å². The number of halogens is 1. The third-order valence-corrected chi connectivity index (χ3v) is 4.33. The lowest BCUT2D eigenvalue weighted by molar-refractivity contribution is -0.136. The van der Waals surface area contributed by atoms with Crippen LogP contribution in [-0.2, 0) is 9.59 Å². The van der Waals surface area contributed by atoms with Gasteiger partial charge in [-0.3, -0.25) is 4.79 Å². The Labute approximate surface area is 186 Å². The lowest BCUT2D eigenvalue weighted by Gasteiger charge is -2.11. The van der Waals surface area contributed by atoms with Gasteiger partial charge in [-0.2, -0.15) is 5.26 Å². The second kappa shape index (κ2) is 12.3. The number of methoxy groups -OCH3 is 1. The Morgan fingerprint density at radius 2 is 1.90 bits per heavy atom. The molecule has 0 saturated carbocycles. The number of hydrogen-bond donors (Lipinski definition) is 1. The number of nitrogens with one attached hydrogen (secondary N) is 1. The van der Waals surface area contributed by atoms with Crippen molar-refractivity contribution in [1.29, 1.82) is 5.26 Å². The van der Waals surface area contributed by atoms with Crippen molar-refractivity contribution in [2.24, 2.45) is 0 Å². The van der Waals surface area contributed by atoms with Gasteiger partial charge in [-0.1, -0.05) is 31.0 Å². The fourth-order valence-electron chi connectivity index (χ4n) is 2.47. The minimum atomic E-state index is -0.621. The van der Waals surface area contributed by atoms with Crippen LogP contribution >= 0.6 is 11.6 Å². The summed E-state index contributed by atoms with van der Waals surface area (Å²) >= 11 is 5.81.